The van der Waals surface area contributed by atoms with Crippen molar-refractivity contribution >= 4 is 10.8 Å². The maximum atomic E-state index is 13.2. The van der Waals surface area contributed by atoms with E-state index in [-0.39, 0.29) is 18.5 Å². The molecule has 1 saturated heterocycles. The number of aliphatic hydroxyl groups excluding tert-OH is 1. The summed E-state index contributed by atoms with van der Waals surface area (Å²) in [7, 11) is 0. The van der Waals surface area contributed by atoms with Crippen LogP contribution in [0.3, 0.4) is 0 Å². The Bertz CT molecular complexity index is 961. The van der Waals surface area contributed by atoms with Crippen LogP contribution in [0.15, 0.2) is 60.7 Å². The molecule has 1 heterocycles. The van der Waals surface area contributed by atoms with Crippen molar-refractivity contribution in [3.05, 3.63) is 77.6 Å². The van der Waals surface area contributed by atoms with Crippen LogP contribution in [-0.2, 0) is 13.1 Å². The summed E-state index contributed by atoms with van der Waals surface area (Å²) < 4.78 is 13.2. The monoisotopic (exact) mass is 394 g/mol. The minimum absolute atomic E-state index is 0.137. The van der Waals surface area contributed by atoms with Gasteiger partial charge in [0.25, 0.3) is 0 Å². The number of hydrogen-bond donors (Lipinski definition) is 2. The molecule has 152 valence electrons. The molecule has 2 N–H and O–H groups in total. The van der Waals surface area contributed by atoms with Gasteiger partial charge in [0, 0.05) is 50.9 Å². The van der Waals surface area contributed by atoms with Gasteiger partial charge in [-0.15, -0.1) is 0 Å². The Hall–Kier alpha value is -2.47. The highest BCUT2D eigenvalue weighted by atomic mass is 19.1. The van der Waals surface area contributed by atoms with Gasteiger partial charge >= 0.3 is 0 Å². The van der Waals surface area contributed by atoms with Crippen molar-refractivity contribution in [3.8, 4) is 5.75 Å². The third-order valence-corrected chi connectivity index (χ3v) is 5.85. The van der Waals surface area contributed by atoms with Crippen LogP contribution in [-0.4, -0.2) is 52.3 Å². The van der Waals surface area contributed by atoms with Crippen molar-refractivity contribution in [2.75, 3.05) is 26.2 Å². The number of phenolic OH excluding ortho intramolecular Hbond substituents is 1. The number of hydrogen-bond acceptors (Lipinski definition) is 4. The van der Waals surface area contributed by atoms with Crippen molar-refractivity contribution < 1.29 is 14.6 Å². The van der Waals surface area contributed by atoms with Gasteiger partial charge in [0.2, 0.25) is 0 Å². The first-order valence-electron chi connectivity index (χ1n) is 10.2. The predicted molar refractivity (Wildman–Crippen MR) is 113 cm³/mol. The van der Waals surface area contributed by atoms with Crippen LogP contribution < -0.4 is 0 Å². The van der Waals surface area contributed by atoms with E-state index in [0.29, 0.717) is 18.7 Å². The van der Waals surface area contributed by atoms with Gasteiger partial charge in [-0.1, -0.05) is 42.5 Å². The van der Waals surface area contributed by atoms with Crippen molar-refractivity contribution in [1.29, 1.82) is 0 Å². The largest absolute Gasteiger partial charge is 0.508 e. The fourth-order valence-corrected chi connectivity index (χ4v) is 4.27. The smallest absolute Gasteiger partial charge is 0.123 e. The molecule has 0 bridgehead atoms. The van der Waals surface area contributed by atoms with Gasteiger partial charge in [-0.25, -0.2) is 4.39 Å². The minimum atomic E-state index is -0.222. The summed E-state index contributed by atoms with van der Waals surface area (Å²) in [6.07, 6.45) is 0.694. The summed E-state index contributed by atoms with van der Waals surface area (Å²) in [4.78, 5) is 4.71. The standard InChI is InChI=1S/C24H27FN2O2/c25-20-8-5-18(6-9-20)15-27-13-12-26(16-21(27)11-14-28)17-23-22-4-2-1-3-19(22)7-10-24(23)29/h1-10,21,28-29H,11-17H2/t21-/m0/s1. The van der Waals surface area contributed by atoms with Gasteiger partial charge in [-0.2, -0.15) is 0 Å². The Morgan fingerprint density at radius 1 is 0.931 bits per heavy atom. The quantitative estimate of drug-likeness (QED) is 0.668. The number of nitrogens with zero attached hydrogens (tertiary/aromatic N) is 2. The highest BCUT2D eigenvalue weighted by Gasteiger charge is 2.27. The van der Waals surface area contributed by atoms with Gasteiger partial charge in [0.05, 0.1) is 0 Å². The van der Waals surface area contributed by atoms with Crippen LogP contribution in [0.1, 0.15) is 17.5 Å². The van der Waals surface area contributed by atoms with E-state index in [1.54, 1.807) is 6.07 Å². The maximum absolute atomic E-state index is 13.2. The first kappa shape index (κ1) is 19.8. The Labute approximate surface area is 170 Å². The van der Waals surface area contributed by atoms with E-state index in [2.05, 4.69) is 21.9 Å². The van der Waals surface area contributed by atoms with Crippen molar-refractivity contribution in [2.45, 2.75) is 25.6 Å². The molecule has 4 nitrogen and oxygen atoms in total. The summed E-state index contributed by atoms with van der Waals surface area (Å²) in [5.74, 6) is 0.108. The summed E-state index contributed by atoms with van der Waals surface area (Å²) in [6, 6.07) is 18.7. The molecule has 1 aliphatic heterocycles. The number of aliphatic hydroxyl groups is 1. The minimum Gasteiger partial charge on any atom is -0.508 e. The second-order valence-corrected chi connectivity index (χ2v) is 7.78. The molecule has 0 radical (unpaired) electrons. The van der Waals surface area contributed by atoms with Crippen molar-refractivity contribution in [3.63, 3.8) is 0 Å². The van der Waals surface area contributed by atoms with E-state index in [1.165, 1.54) is 12.1 Å². The number of phenols is 1. The second-order valence-electron chi connectivity index (χ2n) is 7.78. The first-order chi connectivity index (χ1) is 14.1. The zero-order valence-electron chi connectivity index (χ0n) is 16.5. The van der Waals surface area contributed by atoms with Gasteiger partial charge in [-0.3, -0.25) is 9.80 Å². The number of fused-ring (bicyclic) bond motifs is 1. The van der Waals surface area contributed by atoms with Crippen molar-refractivity contribution in [1.82, 2.24) is 9.80 Å². The first-order valence-corrected chi connectivity index (χ1v) is 10.2. The van der Waals surface area contributed by atoms with Gasteiger partial charge in [-0.05, 0) is 41.0 Å². The molecule has 4 rings (SSSR count). The Kier molecular flexibility index (Phi) is 6.09. The van der Waals surface area contributed by atoms with E-state index < -0.39 is 0 Å². The fourth-order valence-electron chi connectivity index (χ4n) is 4.27. The summed E-state index contributed by atoms with van der Waals surface area (Å²) in [6.45, 7) is 4.14. The SMILES string of the molecule is OCC[C@H]1CN(Cc2c(O)ccc3ccccc23)CCN1Cc1ccc(F)cc1. The lowest BCUT2D eigenvalue weighted by molar-refractivity contribution is 0.0498. The average Bonchev–Trinajstić information content (AvgIpc) is 2.74. The van der Waals surface area contributed by atoms with Crippen LogP contribution in [0.2, 0.25) is 0 Å². The van der Waals surface area contributed by atoms with Crippen molar-refractivity contribution in [2.24, 2.45) is 0 Å². The summed E-state index contributed by atoms with van der Waals surface area (Å²) in [5.41, 5.74) is 2.03. The summed E-state index contributed by atoms with van der Waals surface area (Å²) in [5, 5.41) is 22.2. The number of halogens is 1. The lowest BCUT2D eigenvalue weighted by Crippen LogP contribution is -2.52. The molecule has 1 atom stereocenters. The predicted octanol–water partition coefficient (Wildman–Crippen LogP) is 3.75. The molecule has 1 fully saturated rings. The normalized spacial score (nSPS) is 18.3. The third-order valence-electron chi connectivity index (χ3n) is 5.85. The second kappa shape index (κ2) is 8.91. The molecule has 5 heteroatoms. The number of rotatable bonds is 6. The van der Waals surface area contributed by atoms with E-state index in [4.69, 9.17) is 0 Å². The fraction of sp³-hybridized carbons (Fsp3) is 0.333. The molecule has 0 unspecified atom stereocenters. The molecular weight excluding hydrogens is 367 g/mol. The molecule has 0 spiro atoms. The molecule has 29 heavy (non-hydrogen) atoms. The zero-order chi connectivity index (χ0) is 20.2. The Morgan fingerprint density at radius 3 is 2.52 bits per heavy atom. The Balaban J connectivity index is 1.49. The van der Waals surface area contributed by atoms with Gasteiger partial charge in [0.15, 0.2) is 0 Å². The topological polar surface area (TPSA) is 46.9 Å². The summed E-state index contributed by atoms with van der Waals surface area (Å²) >= 11 is 0. The van der Waals surface area contributed by atoms with Crippen LogP contribution in [0, 0.1) is 5.82 Å². The molecule has 1 aliphatic rings. The van der Waals surface area contributed by atoms with E-state index in [0.717, 1.165) is 48.1 Å². The lowest BCUT2D eigenvalue weighted by atomic mass is 10.0. The van der Waals surface area contributed by atoms with Crippen LogP contribution in [0.4, 0.5) is 4.39 Å². The molecule has 3 aromatic rings. The van der Waals surface area contributed by atoms with Crippen LogP contribution in [0.5, 0.6) is 5.75 Å². The maximum Gasteiger partial charge on any atom is 0.123 e. The number of aromatic hydroxyl groups is 1. The highest BCUT2D eigenvalue weighted by molar-refractivity contribution is 5.87. The zero-order valence-corrected chi connectivity index (χ0v) is 16.5. The van der Waals surface area contributed by atoms with Gasteiger partial charge in [0.1, 0.15) is 11.6 Å². The molecule has 3 aromatic carbocycles. The molecular formula is C24H27FN2O2. The molecule has 0 aliphatic carbocycles. The highest BCUT2D eigenvalue weighted by Crippen LogP contribution is 2.29. The van der Waals surface area contributed by atoms with E-state index >= 15 is 0 Å². The van der Waals surface area contributed by atoms with Crippen LogP contribution in [0.25, 0.3) is 10.8 Å². The third kappa shape index (κ3) is 4.58. The lowest BCUT2D eigenvalue weighted by Gasteiger charge is -2.41. The number of benzene rings is 3. The molecule has 0 amide bonds. The molecule has 0 saturated carbocycles. The average molecular weight is 394 g/mol. The van der Waals surface area contributed by atoms with Crippen LogP contribution >= 0.6 is 0 Å². The van der Waals surface area contributed by atoms with Gasteiger partial charge < -0.3 is 10.2 Å². The number of piperazine rings is 1. The molecule has 0 aromatic heterocycles. The van der Waals surface area contributed by atoms with E-state index in [1.807, 2.05) is 30.3 Å². The Morgan fingerprint density at radius 2 is 1.72 bits per heavy atom. The van der Waals surface area contributed by atoms with E-state index in [9.17, 15) is 14.6 Å².